The Kier molecular flexibility index (Phi) is 7.34. The average Bonchev–Trinajstić information content (AvgIpc) is 3.29. The summed E-state index contributed by atoms with van der Waals surface area (Å²) in [6.07, 6.45) is 8.94. The van der Waals surface area contributed by atoms with Crippen molar-refractivity contribution in [3.63, 3.8) is 0 Å². The van der Waals surface area contributed by atoms with E-state index in [0.717, 1.165) is 24.2 Å². The first-order valence-corrected chi connectivity index (χ1v) is 15.7. The van der Waals surface area contributed by atoms with Gasteiger partial charge in [-0.25, -0.2) is 9.97 Å². The lowest BCUT2D eigenvalue weighted by molar-refractivity contribution is 0.222. The third-order valence-electron chi connectivity index (χ3n) is 7.13. The number of benzene rings is 1. The molecule has 7 nitrogen and oxygen atoms in total. The Balaban J connectivity index is 1.33. The molecule has 2 aromatic heterocycles. The van der Waals surface area contributed by atoms with Crippen molar-refractivity contribution in [1.82, 2.24) is 19.9 Å². The van der Waals surface area contributed by atoms with Gasteiger partial charge in [0.15, 0.2) is 5.82 Å². The summed E-state index contributed by atoms with van der Waals surface area (Å²) in [4.78, 5) is 16.2. The first kappa shape index (κ1) is 25.2. The maximum Gasteiger partial charge on any atom is 0.229 e. The zero-order valence-electron chi connectivity index (χ0n) is 21.2. The predicted molar refractivity (Wildman–Crippen MR) is 149 cm³/mol. The quantitative estimate of drug-likeness (QED) is 0.306. The molecule has 0 radical (unpaired) electrons. The van der Waals surface area contributed by atoms with Crippen LogP contribution in [0.5, 0.6) is 0 Å². The lowest BCUT2D eigenvalue weighted by Crippen LogP contribution is -2.32. The second-order valence-corrected chi connectivity index (χ2v) is 13.8. The maximum atomic E-state index is 12.8. The summed E-state index contributed by atoms with van der Waals surface area (Å²) in [5.41, 5.74) is 5.80. The van der Waals surface area contributed by atoms with Crippen LogP contribution >= 0.6 is 18.7 Å². The standard InChI is InChI=1S/C27H34ClN6OP/c1-18-6-13-24(26(30-18)36(2,3)35)32-25-23(28)17-29-27(33-25)31-21-10-7-19-8-11-22(12-9-20(19)16-21)34-14-4-5-15-34/h6-7,10,13,16-17,22H,4-5,8-9,11-12,14-15H2,1-3H3,(H2,29,31,32,33). The number of nitrogens with zero attached hydrogens (tertiary/aromatic N) is 4. The van der Waals surface area contributed by atoms with Crippen LogP contribution in [0.15, 0.2) is 36.5 Å². The Morgan fingerprint density at radius 3 is 2.50 bits per heavy atom. The minimum absolute atomic E-state index is 0.379. The van der Waals surface area contributed by atoms with Crippen molar-refractivity contribution in [3.8, 4) is 0 Å². The molecule has 1 unspecified atom stereocenters. The summed E-state index contributed by atoms with van der Waals surface area (Å²) in [5, 5.41) is 6.95. The van der Waals surface area contributed by atoms with E-state index in [1.54, 1.807) is 19.5 Å². The second kappa shape index (κ2) is 10.5. The van der Waals surface area contributed by atoms with E-state index in [-0.39, 0.29) is 0 Å². The number of nitrogens with one attached hydrogen (secondary N) is 2. The largest absolute Gasteiger partial charge is 0.337 e. The van der Waals surface area contributed by atoms with E-state index in [1.807, 2.05) is 19.1 Å². The number of rotatable bonds is 6. The van der Waals surface area contributed by atoms with E-state index in [4.69, 9.17) is 11.6 Å². The molecule has 2 N–H and O–H groups in total. The van der Waals surface area contributed by atoms with Crippen molar-refractivity contribution >= 4 is 47.3 Å². The second-order valence-electron chi connectivity index (χ2n) is 10.3. The third kappa shape index (κ3) is 5.74. The molecule has 36 heavy (non-hydrogen) atoms. The zero-order chi connectivity index (χ0) is 25.3. The molecule has 3 aromatic rings. The van der Waals surface area contributed by atoms with Gasteiger partial charge in [-0.15, -0.1) is 0 Å². The highest BCUT2D eigenvalue weighted by Gasteiger charge is 2.24. The molecular formula is C27H34ClN6OP. The molecule has 1 fully saturated rings. The number of aryl methyl sites for hydroxylation is 3. The summed E-state index contributed by atoms with van der Waals surface area (Å²) in [6.45, 7) is 7.81. The molecular weight excluding hydrogens is 491 g/mol. The summed E-state index contributed by atoms with van der Waals surface area (Å²) in [7, 11) is -2.61. The van der Waals surface area contributed by atoms with Crippen LogP contribution in [0.4, 0.5) is 23.1 Å². The normalized spacial score (nSPS) is 18.5. The highest BCUT2D eigenvalue weighted by Crippen LogP contribution is 2.38. The van der Waals surface area contributed by atoms with E-state index in [2.05, 4.69) is 48.7 Å². The van der Waals surface area contributed by atoms with Crippen molar-refractivity contribution in [1.29, 1.82) is 0 Å². The van der Waals surface area contributed by atoms with Gasteiger partial charge in [-0.05, 0) is 107 Å². The molecule has 1 saturated heterocycles. The summed E-state index contributed by atoms with van der Waals surface area (Å²) in [5.74, 6) is 0.890. The van der Waals surface area contributed by atoms with Crippen LogP contribution < -0.4 is 16.1 Å². The van der Waals surface area contributed by atoms with Crippen molar-refractivity contribution in [2.45, 2.75) is 51.5 Å². The Morgan fingerprint density at radius 2 is 1.75 bits per heavy atom. The number of likely N-dealkylation sites (tertiary alicyclic amines) is 1. The van der Waals surface area contributed by atoms with E-state index in [1.165, 1.54) is 49.9 Å². The van der Waals surface area contributed by atoms with Gasteiger partial charge in [-0.3, -0.25) is 0 Å². The molecule has 190 valence electrons. The Hall–Kier alpha value is -2.47. The van der Waals surface area contributed by atoms with Crippen LogP contribution in [0.3, 0.4) is 0 Å². The van der Waals surface area contributed by atoms with Gasteiger partial charge in [0.05, 0.1) is 11.9 Å². The Morgan fingerprint density at radius 1 is 1.00 bits per heavy atom. The van der Waals surface area contributed by atoms with Gasteiger partial charge in [0.25, 0.3) is 0 Å². The van der Waals surface area contributed by atoms with Gasteiger partial charge in [0.1, 0.15) is 17.6 Å². The van der Waals surface area contributed by atoms with Gasteiger partial charge in [0, 0.05) is 17.4 Å². The van der Waals surface area contributed by atoms with Gasteiger partial charge < -0.3 is 20.1 Å². The molecule has 3 heterocycles. The molecule has 1 atom stereocenters. The van der Waals surface area contributed by atoms with Crippen LogP contribution in [0.1, 0.15) is 42.5 Å². The van der Waals surface area contributed by atoms with Gasteiger partial charge >= 0.3 is 0 Å². The first-order valence-electron chi connectivity index (χ1n) is 12.7. The fourth-order valence-corrected chi connectivity index (χ4v) is 6.51. The molecule has 9 heteroatoms. The lowest BCUT2D eigenvalue weighted by Gasteiger charge is -2.25. The van der Waals surface area contributed by atoms with Gasteiger partial charge in [-0.1, -0.05) is 17.7 Å². The van der Waals surface area contributed by atoms with E-state index in [0.29, 0.717) is 34.0 Å². The fraction of sp³-hybridized carbons (Fsp3) is 0.444. The van der Waals surface area contributed by atoms with E-state index < -0.39 is 7.14 Å². The van der Waals surface area contributed by atoms with E-state index in [9.17, 15) is 4.57 Å². The van der Waals surface area contributed by atoms with E-state index >= 15 is 0 Å². The SMILES string of the molecule is Cc1ccc(Nc2nc(Nc3ccc4c(c3)CCC(N3CCCC3)CC4)ncc2Cl)c(P(C)(C)=O)n1. The van der Waals surface area contributed by atoms with Crippen molar-refractivity contribution < 1.29 is 4.57 Å². The minimum Gasteiger partial charge on any atom is -0.337 e. The topological polar surface area (TPSA) is 83.0 Å². The van der Waals surface area contributed by atoms with Gasteiger partial charge in [-0.2, -0.15) is 4.98 Å². The highest BCUT2D eigenvalue weighted by molar-refractivity contribution is 7.70. The van der Waals surface area contributed by atoms with Crippen molar-refractivity contribution in [2.75, 3.05) is 37.1 Å². The molecule has 1 aliphatic carbocycles. The number of pyridine rings is 1. The van der Waals surface area contributed by atoms with Crippen LogP contribution in [-0.4, -0.2) is 52.3 Å². The number of hydrogen-bond acceptors (Lipinski definition) is 7. The van der Waals surface area contributed by atoms with Crippen LogP contribution in [0.2, 0.25) is 5.02 Å². The summed E-state index contributed by atoms with van der Waals surface area (Å²) in [6, 6.07) is 11.0. The Bertz CT molecular complexity index is 1300. The van der Waals surface area contributed by atoms with Gasteiger partial charge in [0.2, 0.25) is 5.95 Å². The number of hydrogen-bond donors (Lipinski definition) is 2. The minimum atomic E-state index is -2.61. The van der Waals surface area contributed by atoms with Crippen molar-refractivity contribution in [3.05, 3.63) is 58.4 Å². The fourth-order valence-electron chi connectivity index (χ4n) is 5.26. The maximum absolute atomic E-state index is 12.8. The highest BCUT2D eigenvalue weighted by atomic mass is 35.5. The summed E-state index contributed by atoms with van der Waals surface area (Å²) < 4.78 is 12.8. The first-order chi connectivity index (χ1) is 17.3. The summed E-state index contributed by atoms with van der Waals surface area (Å²) >= 11 is 6.42. The Labute approximate surface area is 218 Å². The van der Waals surface area contributed by atoms with Crippen molar-refractivity contribution in [2.24, 2.45) is 0 Å². The molecule has 5 rings (SSSR count). The number of fused-ring (bicyclic) bond motifs is 1. The average molecular weight is 525 g/mol. The zero-order valence-corrected chi connectivity index (χ0v) is 22.9. The molecule has 0 bridgehead atoms. The van der Waals surface area contributed by atoms with Crippen LogP contribution in [0.25, 0.3) is 0 Å². The van der Waals surface area contributed by atoms with Crippen LogP contribution in [-0.2, 0) is 17.4 Å². The molecule has 1 aliphatic heterocycles. The smallest absolute Gasteiger partial charge is 0.229 e. The molecule has 0 amide bonds. The predicted octanol–water partition coefficient (Wildman–Crippen LogP) is 5.91. The van der Waals surface area contributed by atoms with Crippen LogP contribution in [0, 0.1) is 6.92 Å². The molecule has 1 aromatic carbocycles. The molecule has 0 saturated carbocycles. The molecule has 0 spiro atoms. The number of halogens is 1. The molecule has 2 aliphatic rings. The number of aromatic nitrogens is 3. The lowest BCUT2D eigenvalue weighted by atomic mass is 10.0. The third-order valence-corrected chi connectivity index (χ3v) is 8.77. The number of anilines is 4. The monoisotopic (exact) mass is 524 g/mol.